The van der Waals surface area contributed by atoms with Crippen LogP contribution < -0.4 is 0 Å². The van der Waals surface area contributed by atoms with Gasteiger partial charge in [-0.1, -0.05) is 38.5 Å². The lowest BCUT2D eigenvalue weighted by Gasteiger charge is -2.29. The molecular weight excluding hydrogens is 228 g/mol. The van der Waals surface area contributed by atoms with E-state index in [0.29, 0.717) is 5.92 Å². The van der Waals surface area contributed by atoms with Gasteiger partial charge in [0.1, 0.15) is 0 Å². The highest BCUT2D eigenvalue weighted by atomic mass is 32.1. The van der Waals surface area contributed by atoms with E-state index in [2.05, 4.69) is 43.5 Å². The van der Waals surface area contributed by atoms with Gasteiger partial charge < -0.3 is 5.11 Å². The van der Waals surface area contributed by atoms with Crippen LogP contribution in [0.5, 0.6) is 0 Å². The summed E-state index contributed by atoms with van der Waals surface area (Å²) in [6.07, 6.45) is 1.75. The molecule has 92 valence electrons. The number of hydrogen-bond acceptors (Lipinski definition) is 2. The third-order valence-electron chi connectivity index (χ3n) is 3.78. The molecule has 1 N–H and O–H groups in total. The number of thiophene rings is 1. The molecule has 0 spiro atoms. The van der Waals surface area contributed by atoms with Gasteiger partial charge in [0.15, 0.2) is 0 Å². The molecule has 0 aliphatic carbocycles. The van der Waals surface area contributed by atoms with Gasteiger partial charge in [-0.15, -0.1) is 11.3 Å². The predicted molar refractivity (Wildman–Crippen MR) is 75.6 cm³/mol. The second-order valence-corrected chi connectivity index (χ2v) is 6.01. The molecule has 2 heteroatoms. The molecule has 2 rings (SSSR count). The molecule has 0 radical (unpaired) electrons. The Labute approximate surface area is 107 Å². The van der Waals surface area contributed by atoms with Gasteiger partial charge >= 0.3 is 0 Å². The average molecular weight is 248 g/mol. The monoisotopic (exact) mass is 248 g/mol. The normalized spacial score (nSPS) is 16.9. The van der Waals surface area contributed by atoms with Gasteiger partial charge in [0.2, 0.25) is 0 Å². The second kappa shape index (κ2) is 4.79. The third kappa shape index (κ3) is 2.53. The third-order valence-corrected chi connectivity index (χ3v) is 4.80. The number of hydrogen-bond donors (Lipinski definition) is 1. The Bertz CT molecular complexity index is 498. The average Bonchev–Trinajstić information content (AvgIpc) is 2.71. The molecule has 0 aliphatic rings. The van der Waals surface area contributed by atoms with Crippen molar-refractivity contribution < 1.29 is 5.11 Å². The van der Waals surface area contributed by atoms with Gasteiger partial charge in [-0.3, -0.25) is 0 Å². The number of fused-ring (bicyclic) bond motifs is 1. The first-order chi connectivity index (χ1) is 8.04. The highest BCUT2D eigenvalue weighted by Crippen LogP contribution is 2.31. The van der Waals surface area contributed by atoms with Gasteiger partial charge in [0, 0.05) is 11.1 Å². The van der Waals surface area contributed by atoms with E-state index in [1.807, 2.05) is 6.92 Å². The van der Waals surface area contributed by atoms with Crippen molar-refractivity contribution in [3.8, 4) is 0 Å². The molecule has 2 aromatic rings. The zero-order chi connectivity index (χ0) is 12.5. The van der Waals surface area contributed by atoms with Crippen LogP contribution in [0, 0.1) is 5.92 Å². The summed E-state index contributed by atoms with van der Waals surface area (Å²) in [5.74, 6) is 0.321. The summed E-state index contributed by atoms with van der Waals surface area (Å²) in [4.78, 5) is 0. The van der Waals surface area contributed by atoms with Gasteiger partial charge in [0.05, 0.1) is 5.60 Å². The van der Waals surface area contributed by atoms with Gasteiger partial charge in [0.25, 0.3) is 0 Å². The van der Waals surface area contributed by atoms with Crippen molar-refractivity contribution in [2.75, 3.05) is 0 Å². The Balaban J connectivity index is 2.30. The van der Waals surface area contributed by atoms with Crippen LogP contribution in [0.3, 0.4) is 0 Å². The summed E-state index contributed by atoms with van der Waals surface area (Å²) in [5.41, 5.74) is 0.661. The molecular formula is C15H20OS. The summed E-state index contributed by atoms with van der Waals surface area (Å²) in [7, 11) is 0. The molecule has 0 saturated heterocycles. The molecule has 1 nitrogen and oxygen atoms in total. The Kier molecular flexibility index (Phi) is 3.55. The quantitative estimate of drug-likeness (QED) is 0.858. The van der Waals surface area contributed by atoms with Gasteiger partial charge in [-0.25, -0.2) is 0 Å². The van der Waals surface area contributed by atoms with Crippen LogP contribution in [-0.2, 0) is 6.42 Å². The van der Waals surface area contributed by atoms with Gasteiger partial charge in [-0.2, -0.15) is 0 Å². The molecule has 2 atom stereocenters. The molecule has 1 heterocycles. The summed E-state index contributed by atoms with van der Waals surface area (Å²) in [6, 6.07) is 8.42. The van der Waals surface area contributed by atoms with Crippen LogP contribution in [0.2, 0.25) is 0 Å². The first kappa shape index (κ1) is 12.6. The van der Waals surface area contributed by atoms with Crippen molar-refractivity contribution >= 4 is 21.4 Å². The van der Waals surface area contributed by atoms with E-state index in [4.69, 9.17) is 0 Å². The molecule has 0 fully saturated rings. The Morgan fingerprint density at radius 1 is 1.35 bits per heavy atom. The standard InChI is InChI=1S/C15H20OS/c1-4-11(2)15(3,16)9-12-10-17-14-8-6-5-7-13(12)14/h5-8,10-11,16H,4,9H2,1-3H3. The topological polar surface area (TPSA) is 20.2 Å². The van der Waals surface area contributed by atoms with Crippen LogP contribution in [0.1, 0.15) is 32.8 Å². The fraction of sp³-hybridized carbons (Fsp3) is 0.467. The van der Waals surface area contributed by atoms with Crippen LogP contribution >= 0.6 is 11.3 Å². The smallest absolute Gasteiger partial charge is 0.0685 e. The fourth-order valence-electron chi connectivity index (χ4n) is 2.17. The van der Waals surface area contributed by atoms with Crippen molar-refractivity contribution in [2.45, 2.75) is 39.2 Å². The first-order valence-corrected chi connectivity index (χ1v) is 7.10. The number of aliphatic hydroxyl groups is 1. The summed E-state index contributed by atoms with van der Waals surface area (Å²) in [6.45, 7) is 6.20. The first-order valence-electron chi connectivity index (χ1n) is 6.22. The Hall–Kier alpha value is -0.860. The Morgan fingerprint density at radius 3 is 2.76 bits per heavy atom. The van der Waals surface area contributed by atoms with E-state index in [-0.39, 0.29) is 0 Å². The molecule has 17 heavy (non-hydrogen) atoms. The fourth-order valence-corrected chi connectivity index (χ4v) is 3.13. The lowest BCUT2D eigenvalue weighted by Crippen LogP contribution is -2.34. The van der Waals surface area contributed by atoms with Crippen molar-refractivity contribution in [1.29, 1.82) is 0 Å². The number of benzene rings is 1. The van der Waals surface area contributed by atoms with Crippen molar-refractivity contribution in [2.24, 2.45) is 5.92 Å². The Morgan fingerprint density at radius 2 is 2.06 bits per heavy atom. The minimum atomic E-state index is -0.613. The molecule has 0 amide bonds. The largest absolute Gasteiger partial charge is 0.390 e. The molecule has 2 unspecified atom stereocenters. The van der Waals surface area contributed by atoms with E-state index < -0.39 is 5.60 Å². The summed E-state index contributed by atoms with van der Waals surface area (Å²) < 4.78 is 1.31. The van der Waals surface area contributed by atoms with Crippen molar-refractivity contribution in [1.82, 2.24) is 0 Å². The highest BCUT2D eigenvalue weighted by Gasteiger charge is 2.28. The zero-order valence-electron chi connectivity index (χ0n) is 10.7. The van der Waals surface area contributed by atoms with E-state index in [1.54, 1.807) is 11.3 Å². The maximum atomic E-state index is 10.5. The van der Waals surface area contributed by atoms with Crippen LogP contribution in [0.25, 0.3) is 10.1 Å². The zero-order valence-corrected chi connectivity index (χ0v) is 11.6. The minimum absolute atomic E-state index is 0.321. The molecule has 0 aliphatic heterocycles. The lowest BCUT2D eigenvalue weighted by molar-refractivity contribution is 0.00552. The molecule has 1 aromatic carbocycles. The SMILES string of the molecule is CCC(C)C(C)(O)Cc1csc2ccccc12. The van der Waals surface area contributed by atoms with E-state index in [0.717, 1.165) is 12.8 Å². The van der Waals surface area contributed by atoms with Crippen molar-refractivity contribution in [3.05, 3.63) is 35.2 Å². The van der Waals surface area contributed by atoms with Crippen LogP contribution in [0.15, 0.2) is 29.6 Å². The van der Waals surface area contributed by atoms with Gasteiger partial charge in [-0.05, 0) is 35.2 Å². The summed E-state index contributed by atoms with van der Waals surface area (Å²) >= 11 is 1.76. The predicted octanol–water partition coefficient (Wildman–Crippen LogP) is 4.24. The highest BCUT2D eigenvalue weighted by molar-refractivity contribution is 7.17. The molecule has 1 aromatic heterocycles. The maximum Gasteiger partial charge on any atom is 0.0685 e. The lowest BCUT2D eigenvalue weighted by atomic mass is 9.83. The molecule has 0 saturated carbocycles. The summed E-state index contributed by atoms with van der Waals surface area (Å²) in [5, 5.41) is 14.0. The van der Waals surface area contributed by atoms with E-state index in [1.165, 1.54) is 15.6 Å². The number of rotatable bonds is 4. The van der Waals surface area contributed by atoms with E-state index in [9.17, 15) is 5.11 Å². The van der Waals surface area contributed by atoms with Crippen molar-refractivity contribution in [3.63, 3.8) is 0 Å². The molecule has 0 bridgehead atoms. The second-order valence-electron chi connectivity index (χ2n) is 5.10. The van der Waals surface area contributed by atoms with Crippen LogP contribution in [-0.4, -0.2) is 10.7 Å². The maximum absolute atomic E-state index is 10.5. The minimum Gasteiger partial charge on any atom is -0.390 e. The van der Waals surface area contributed by atoms with E-state index >= 15 is 0 Å². The van der Waals surface area contributed by atoms with Crippen LogP contribution in [0.4, 0.5) is 0 Å².